The van der Waals surface area contributed by atoms with Gasteiger partial charge < -0.3 is 15.0 Å². The minimum atomic E-state index is -0.0523. The molecule has 1 amide bonds. The first kappa shape index (κ1) is 22.0. The highest BCUT2D eigenvalue weighted by atomic mass is 32.2. The molecule has 0 bridgehead atoms. The number of thioether (sulfide) groups is 1. The summed E-state index contributed by atoms with van der Waals surface area (Å²) in [6.07, 6.45) is 1.50. The van der Waals surface area contributed by atoms with Gasteiger partial charge in [0.2, 0.25) is 5.91 Å². The molecule has 0 atom stereocenters. The maximum Gasteiger partial charge on any atom is 0.230 e. The van der Waals surface area contributed by atoms with Crippen LogP contribution in [0.2, 0.25) is 0 Å². The third-order valence-electron chi connectivity index (χ3n) is 4.73. The summed E-state index contributed by atoms with van der Waals surface area (Å²) in [6.45, 7) is 1.22. The van der Waals surface area contributed by atoms with Crippen molar-refractivity contribution in [1.82, 2.24) is 20.3 Å². The van der Waals surface area contributed by atoms with Crippen LogP contribution < -0.4 is 15.0 Å². The molecule has 0 aliphatic heterocycles. The number of carbonyl (C=O) groups is 1. The molecule has 7 nitrogen and oxygen atoms in total. The third kappa shape index (κ3) is 5.54. The first-order valence-electron chi connectivity index (χ1n) is 10.0. The smallest absolute Gasteiger partial charge is 0.230 e. The molecule has 1 N–H and O–H groups in total. The Kier molecular flexibility index (Phi) is 7.18. The summed E-state index contributed by atoms with van der Waals surface area (Å²) < 4.78 is 6.05. The fraction of sp³-hybridized carbons (Fsp3) is 0.217. The van der Waals surface area contributed by atoms with Crippen molar-refractivity contribution in [2.24, 2.45) is 0 Å². The highest BCUT2D eigenvalue weighted by Gasteiger charge is 2.15. The Morgan fingerprint density at radius 3 is 2.62 bits per heavy atom. The Balaban J connectivity index is 1.36. The molecule has 4 aromatic rings. The van der Waals surface area contributed by atoms with Gasteiger partial charge in [0.05, 0.1) is 12.9 Å². The lowest BCUT2D eigenvalue weighted by molar-refractivity contribution is -0.118. The number of fused-ring (bicyclic) bond motifs is 1. The fourth-order valence-electron chi connectivity index (χ4n) is 3.04. The van der Waals surface area contributed by atoms with Crippen molar-refractivity contribution < 1.29 is 9.53 Å². The Bertz CT molecular complexity index is 1180. The molecule has 0 saturated carbocycles. The first-order valence-corrected chi connectivity index (χ1v) is 11.8. The monoisotopic (exact) mass is 465 g/mol. The van der Waals surface area contributed by atoms with Crippen molar-refractivity contribution in [1.29, 1.82) is 0 Å². The predicted octanol–water partition coefficient (Wildman–Crippen LogP) is 4.14. The lowest BCUT2D eigenvalue weighted by Crippen LogP contribution is -2.24. The lowest BCUT2D eigenvalue weighted by Gasteiger charge is -2.15. The van der Waals surface area contributed by atoms with Gasteiger partial charge in [-0.2, -0.15) is 4.98 Å². The van der Waals surface area contributed by atoms with E-state index >= 15 is 0 Å². The molecule has 0 aliphatic carbocycles. The average Bonchev–Trinajstić information content (AvgIpc) is 3.27. The molecule has 0 unspecified atom stereocenters. The Morgan fingerprint density at radius 1 is 1.09 bits per heavy atom. The van der Waals surface area contributed by atoms with Crippen LogP contribution in [0, 0.1) is 0 Å². The van der Waals surface area contributed by atoms with Crippen LogP contribution >= 0.6 is 23.1 Å². The van der Waals surface area contributed by atoms with E-state index in [9.17, 15) is 4.79 Å². The van der Waals surface area contributed by atoms with Crippen LogP contribution in [0.4, 0.5) is 5.13 Å². The van der Waals surface area contributed by atoms with Gasteiger partial charge in [-0.05, 0) is 23.3 Å². The zero-order chi connectivity index (χ0) is 22.3. The number of carbonyl (C=O) groups excluding carboxylic acids is 1. The van der Waals surface area contributed by atoms with E-state index in [0.29, 0.717) is 12.2 Å². The summed E-state index contributed by atoms with van der Waals surface area (Å²) in [5, 5.41) is 4.58. The largest absolute Gasteiger partial charge is 0.497 e. The van der Waals surface area contributed by atoms with Crippen LogP contribution in [0.3, 0.4) is 0 Å². The highest BCUT2D eigenvalue weighted by Crippen LogP contribution is 2.33. The van der Waals surface area contributed by atoms with Crippen molar-refractivity contribution in [2.45, 2.75) is 18.1 Å². The molecule has 0 radical (unpaired) electrons. The molecule has 0 fully saturated rings. The van der Waals surface area contributed by atoms with Gasteiger partial charge in [0.1, 0.15) is 21.8 Å². The number of methoxy groups -OCH3 is 1. The Labute approximate surface area is 194 Å². The SMILES string of the molecule is COc1ccc(CNC(=O)CSc2ncnc3nc(N(C)Cc4ccccc4)sc23)cc1. The zero-order valence-electron chi connectivity index (χ0n) is 17.8. The van der Waals surface area contributed by atoms with Crippen molar-refractivity contribution >= 4 is 44.5 Å². The van der Waals surface area contributed by atoms with Crippen molar-refractivity contribution in [3.8, 4) is 5.75 Å². The standard InChI is InChI=1S/C23H23N5O2S2/c1-28(13-17-6-4-3-5-7-17)23-27-21-20(32-23)22(26-15-25-21)31-14-19(29)24-12-16-8-10-18(30-2)11-9-16/h3-11,15H,12-14H2,1-2H3,(H,24,29). The van der Waals surface area contributed by atoms with Crippen LogP contribution in [-0.2, 0) is 17.9 Å². The van der Waals surface area contributed by atoms with E-state index in [1.807, 2.05) is 49.5 Å². The Hall–Kier alpha value is -3.17. The molecule has 164 valence electrons. The second kappa shape index (κ2) is 10.4. The highest BCUT2D eigenvalue weighted by molar-refractivity contribution is 8.00. The average molecular weight is 466 g/mol. The topological polar surface area (TPSA) is 80.2 Å². The maximum absolute atomic E-state index is 12.3. The molecule has 0 saturated heterocycles. The number of ether oxygens (including phenoxy) is 1. The fourth-order valence-corrected chi connectivity index (χ4v) is 4.92. The van der Waals surface area contributed by atoms with Crippen LogP contribution in [0.1, 0.15) is 11.1 Å². The van der Waals surface area contributed by atoms with Gasteiger partial charge in [-0.1, -0.05) is 65.6 Å². The number of anilines is 1. The molecule has 2 aromatic carbocycles. The number of benzene rings is 2. The number of amides is 1. The van der Waals surface area contributed by atoms with E-state index in [2.05, 4.69) is 37.3 Å². The third-order valence-corrected chi connectivity index (χ3v) is 7.01. The van der Waals surface area contributed by atoms with E-state index in [1.165, 1.54) is 23.7 Å². The Morgan fingerprint density at radius 2 is 1.88 bits per heavy atom. The van der Waals surface area contributed by atoms with Gasteiger partial charge in [-0.25, -0.2) is 9.97 Å². The molecule has 32 heavy (non-hydrogen) atoms. The number of thiazole rings is 1. The zero-order valence-corrected chi connectivity index (χ0v) is 19.4. The summed E-state index contributed by atoms with van der Waals surface area (Å²) in [5.41, 5.74) is 2.88. The molecular weight excluding hydrogens is 442 g/mol. The molecular formula is C23H23N5O2S2. The van der Waals surface area contributed by atoms with Crippen LogP contribution in [0.5, 0.6) is 5.75 Å². The van der Waals surface area contributed by atoms with E-state index in [-0.39, 0.29) is 11.7 Å². The number of hydrogen-bond acceptors (Lipinski definition) is 8. The normalized spacial score (nSPS) is 10.8. The maximum atomic E-state index is 12.3. The van der Waals surface area contributed by atoms with Gasteiger partial charge in [-0.15, -0.1) is 0 Å². The second-order valence-corrected chi connectivity index (χ2v) is 9.02. The second-order valence-electron chi connectivity index (χ2n) is 7.08. The van der Waals surface area contributed by atoms with E-state index in [1.54, 1.807) is 18.4 Å². The minimum Gasteiger partial charge on any atom is -0.497 e. The van der Waals surface area contributed by atoms with E-state index in [4.69, 9.17) is 4.74 Å². The minimum absolute atomic E-state index is 0.0523. The summed E-state index contributed by atoms with van der Waals surface area (Å²) in [6, 6.07) is 17.9. The van der Waals surface area contributed by atoms with Gasteiger partial charge in [0.25, 0.3) is 0 Å². The van der Waals surface area contributed by atoms with Crippen molar-refractivity contribution in [3.63, 3.8) is 0 Å². The van der Waals surface area contributed by atoms with Gasteiger partial charge in [0.15, 0.2) is 10.8 Å². The summed E-state index contributed by atoms with van der Waals surface area (Å²) in [5.74, 6) is 1.01. The molecule has 2 heterocycles. The van der Waals surface area contributed by atoms with Crippen LogP contribution in [0.25, 0.3) is 10.3 Å². The number of nitrogens with zero attached hydrogens (tertiary/aromatic N) is 4. The molecule has 9 heteroatoms. The number of rotatable bonds is 9. The quantitative estimate of drug-likeness (QED) is 0.294. The van der Waals surface area contributed by atoms with Crippen LogP contribution in [0.15, 0.2) is 66.0 Å². The summed E-state index contributed by atoms with van der Waals surface area (Å²) in [7, 11) is 3.64. The van der Waals surface area contributed by atoms with E-state index in [0.717, 1.165) is 32.7 Å². The van der Waals surface area contributed by atoms with Crippen molar-refractivity contribution in [2.75, 3.05) is 24.8 Å². The predicted molar refractivity (Wildman–Crippen MR) is 129 cm³/mol. The van der Waals surface area contributed by atoms with E-state index < -0.39 is 0 Å². The van der Waals surface area contributed by atoms with Crippen molar-refractivity contribution in [3.05, 3.63) is 72.1 Å². The molecule has 4 rings (SSSR count). The molecule has 2 aromatic heterocycles. The summed E-state index contributed by atoms with van der Waals surface area (Å²) >= 11 is 2.94. The number of hydrogen-bond donors (Lipinski definition) is 1. The van der Waals surface area contributed by atoms with Crippen LogP contribution in [-0.4, -0.2) is 40.8 Å². The van der Waals surface area contributed by atoms with Gasteiger partial charge in [-0.3, -0.25) is 4.79 Å². The summed E-state index contributed by atoms with van der Waals surface area (Å²) in [4.78, 5) is 27.8. The number of aromatic nitrogens is 3. The molecule has 0 aliphatic rings. The number of nitrogens with one attached hydrogen (secondary N) is 1. The van der Waals surface area contributed by atoms with Gasteiger partial charge in [0, 0.05) is 20.1 Å². The molecule has 0 spiro atoms. The van der Waals surface area contributed by atoms with Gasteiger partial charge >= 0.3 is 0 Å². The lowest BCUT2D eigenvalue weighted by atomic mass is 10.2. The first-order chi connectivity index (χ1) is 15.6.